The molecule has 1 unspecified atom stereocenters. The minimum absolute atomic E-state index is 0.116. The number of hydrogen-bond donors (Lipinski definition) is 3. The first-order valence-corrected chi connectivity index (χ1v) is 13.2. The van der Waals surface area contributed by atoms with Crippen molar-refractivity contribution >= 4 is 39.8 Å². The normalized spacial score (nSPS) is 15.8. The van der Waals surface area contributed by atoms with Crippen LogP contribution in [-0.2, 0) is 22.8 Å². The molecule has 3 N–H and O–H groups in total. The van der Waals surface area contributed by atoms with Gasteiger partial charge >= 0.3 is 0 Å². The molecule has 7 nitrogen and oxygen atoms in total. The molecule has 1 aromatic carbocycles. The van der Waals surface area contributed by atoms with Gasteiger partial charge in [-0.15, -0.1) is 0 Å². The van der Waals surface area contributed by atoms with Gasteiger partial charge in [0.25, 0.3) is 5.56 Å². The van der Waals surface area contributed by atoms with Gasteiger partial charge in [-0.25, -0.2) is 8.89 Å². The van der Waals surface area contributed by atoms with Crippen LogP contribution in [0.2, 0.25) is 0 Å². The van der Waals surface area contributed by atoms with E-state index in [-0.39, 0.29) is 11.3 Å². The van der Waals surface area contributed by atoms with Gasteiger partial charge in [0.1, 0.15) is 11.3 Å². The molecule has 1 atom stereocenters. The molecule has 0 saturated heterocycles. The van der Waals surface area contributed by atoms with Crippen LogP contribution in [0.15, 0.2) is 33.3 Å². The molecule has 0 fully saturated rings. The number of nitrogens with zero attached hydrogens (tertiary/aromatic N) is 2. The number of aromatic hydroxyl groups is 1. The number of benzene rings is 1. The second-order valence-corrected chi connectivity index (χ2v) is 10.9. The molecule has 0 saturated carbocycles. The molecule has 0 spiro atoms. The molecule has 2 heterocycles. The number of hydrogen-bond acceptors (Lipinski definition) is 7. The zero-order valence-electron chi connectivity index (χ0n) is 19.5. The molecule has 0 bridgehead atoms. The van der Waals surface area contributed by atoms with Crippen LogP contribution in [0.1, 0.15) is 58.7 Å². The minimum atomic E-state index is -1.48. The van der Waals surface area contributed by atoms with E-state index < -0.39 is 21.8 Å². The quantitative estimate of drug-likeness (QED) is 0.466. The van der Waals surface area contributed by atoms with E-state index in [2.05, 4.69) is 29.0 Å². The standard InChI is InChI=1S/C23H32N4O3S2/c1-7-23(4,5)21-20(28)19(22(29)27(25-21)11-10-14(2)3)17-13-32(30)18-12-15(26-31-6)8-9-16(18)24-17/h8-9,12-14,24,26,28H,7,10-11H2,1-6H3. The first-order valence-electron chi connectivity index (χ1n) is 10.8. The van der Waals surface area contributed by atoms with Gasteiger partial charge in [-0.1, -0.05) is 46.6 Å². The first-order chi connectivity index (χ1) is 15.1. The van der Waals surface area contributed by atoms with Crippen LogP contribution in [0.5, 0.6) is 5.75 Å². The summed E-state index contributed by atoms with van der Waals surface area (Å²) >= 11 is 1.45. The fourth-order valence-corrected chi connectivity index (χ4v) is 4.86. The van der Waals surface area contributed by atoms with Crippen molar-refractivity contribution < 1.29 is 9.32 Å². The number of fused-ring (bicyclic) bond motifs is 1. The maximum absolute atomic E-state index is 13.4. The van der Waals surface area contributed by atoms with Gasteiger partial charge in [0.15, 0.2) is 5.75 Å². The molecular weight excluding hydrogens is 444 g/mol. The molecule has 32 heavy (non-hydrogen) atoms. The van der Waals surface area contributed by atoms with Gasteiger partial charge in [-0.3, -0.25) is 4.79 Å². The lowest BCUT2D eigenvalue weighted by Crippen LogP contribution is -2.33. The average molecular weight is 477 g/mol. The zero-order valence-corrected chi connectivity index (χ0v) is 21.1. The second kappa shape index (κ2) is 9.70. The van der Waals surface area contributed by atoms with E-state index in [1.807, 2.05) is 45.2 Å². The van der Waals surface area contributed by atoms with Crippen LogP contribution in [0.3, 0.4) is 0 Å². The number of aromatic nitrogens is 2. The van der Waals surface area contributed by atoms with Crippen LogP contribution in [-0.4, -0.2) is 25.4 Å². The van der Waals surface area contributed by atoms with Crippen molar-refractivity contribution in [2.24, 2.45) is 5.92 Å². The third-order valence-corrected chi connectivity index (χ3v) is 7.42. The maximum atomic E-state index is 13.4. The highest BCUT2D eigenvalue weighted by Gasteiger charge is 2.31. The third-order valence-electron chi connectivity index (χ3n) is 5.76. The summed E-state index contributed by atoms with van der Waals surface area (Å²) in [4.78, 5) is 14.0. The van der Waals surface area contributed by atoms with Crippen LogP contribution >= 0.6 is 11.9 Å². The molecule has 1 aliphatic rings. The van der Waals surface area contributed by atoms with E-state index in [0.717, 1.165) is 18.5 Å². The summed E-state index contributed by atoms with van der Waals surface area (Å²) in [5.74, 6) is 0.251. The Kier molecular flexibility index (Phi) is 7.39. The van der Waals surface area contributed by atoms with Crippen molar-refractivity contribution in [2.45, 2.75) is 64.3 Å². The van der Waals surface area contributed by atoms with Gasteiger partial charge < -0.3 is 15.1 Å². The van der Waals surface area contributed by atoms with Gasteiger partial charge in [-0.2, -0.15) is 5.10 Å². The Hall–Kier alpha value is -2.26. The molecule has 1 aliphatic heterocycles. The molecule has 2 aromatic rings. The van der Waals surface area contributed by atoms with E-state index in [9.17, 15) is 14.1 Å². The highest BCUT2D eigenvalue weighted by molar-refractivity contribution is 7.99. The van der Waals surface area contributed by atoms with Gasteiger partial charge in [-0.05, 0) is 37.0 Å². The molecule has 0 amide bonds. The Morgan fingerprint density at radius 3 is 2.69 bits per heavy atom. The smallest absolute Gasteiger partial charge is 0.279 e. The minimum Gasteiger partial charge on any atom is -0.505 e. The molecule has 174 valence electrons. The largest absolute Gasteiger partial charge is 0.505 e. The summed E-state index contributed by atoms with van der Waals surface area (Å²) in [6, 6.07) is 5.52. The van der Waals surface area contributed by atoms with Gasteiger partial charge in [0.2, 0.25) is 0 Å². The van der Waals surface area contributed by atoms with Crippen LogP contribution in [0, 0.1) is 5.92 Å². The monoisotopic (exact) mass is 476 g/mol. The Balaban J connectivity index is 2.15. The van der Waals surface area contributed by atoms with E-state index in [1.54, 1.807) is 0 Å². The van der Waals surface area contributed by atoms with Gasteiger partial charge in [0, 0.05) is 29.3 Å². The lowest BCUT2D eigenvalue weighted by molar-refractivity contribution is 0.384. The van der Waals surface area contributed by atoms with Crippen molar-refractivity contribution in [1.29, 1.82) is 0 Å². The Morgan fingerprint density at radius 2 is 2.06 bits per heavy atom. The molecule has 0 radical (unpaired) electrons. The van der Waals surface area contributed by atoms with Crippen molar-refractivity contribution in [3.63, 3.8) is 0 Å². The number of aryl methyl sites for hydroxylation is 1. The van der Waals surface area contributed by atoms with E-state index in [4.69, 9.17) is 0 Å². The SMILES string of the molecule is CCC(C)(C)c1nn(CCC(C)C)c(=O)c(C2=CS(=O)c3cc(NSC)ccc3N2)c1O. The Labute approximate surface area is 196 Å². The lowest BCUT2D eigenvalue weighted by atomic mass is 9.85. The van der Waals surface area contributed by atoms with E-state index in [1.165, 1.54) is 22.0 Å². The summed E-state index contributed by atoms with van der Waals surface area (Å²) in [5.41, 5.74) is 1.60. The fourth-order valence-electron chi connectivity index (χ4n) is 3.40. The summed E-state index contributed by atoms with van der Waals surface area (Å²) in [5, 5.41) is 20.4. The predicted molar refractivity (Wildman–Crippen MR) is 135 cm³/mol. The number of rotatable bonds is 8. The number of anilines is 2. The van der Waals surface area contributed by atoms with Crippen molar-refractivity contribution in [3.05, 3.63) is 45.2 Å². The first kappa shape index (κ1) is 24.4. The molecule has 3 rings (SSSR count). The Bertz CT molecular complexity index is 1120. The van der Waals surface area contributed by atoms with Crippen molar-refractivity contribution in [3.8, 4) is 5.75 Å². The van der Waals surface area contributed by atoms with Gasteiger partial charge in [0.05, 0.1) is 27.1 Å². The summed E-state index contributed by atoms with van der Waals surface area (Å²) in [6.45, 7) is 10.6. The lowest BCUT2D eigenvalue weighted by Gasteiger charge is -2.26. The topological polar surface area (TPSA) is 96.2 Å². The highest BCUT2D eigenvalue weighted by Crippen LogP contribution is 2.38. The van der Waals surface area contributed by atoms with E-state index in [0.29, 0.717) is 34.4 Å². The summed E-state index contributed by atoms with van der Waals surface area (Å²) < 4.78 is 17.6. The predicted octanol–water partition coefficient (Wildman–Crippen LogP) is 4.90. The summed E-state index contributed by atoms with van der Waals surface area (Å²) in [6.07, 6.45) is 3.44. The molecule has 1 aromatic heterocycles. The summed E-state index contributed by atoms with van der Waals surface area (Å²) in [7, 11) is -1.48. The van der Waals surface area contributed by atoms with Crippen LogP contribution in [0.25, 0.3) is 5.70 Å². The second-order valence-electron chi connectivity index (χ2n) is 8.99. The third kappa shape index (κ3) is 4.88. The van der Waals surface area contributed by atoms with E-state index >= 15 is 0 Å². The highest BCUT2D eigenvalue weighted by atomic mass is 32.2. The Morgan fingerprint density at radius 1 is 1.34 bits per heavy atom. The molecular formula is C23H32N4O3S2. The number of nitrogens with one attached hydrogen (secondary N) is 2. The van der Waals surface area contributed by atoms with Crippen molar-refractivity contribution in [1.82, 2.24) is 9.78 Å². The molecule has 9 heteroatoms. The average Bonchev–Trinajstić information content (AvgIpc) is 2.73. The fraction of sp³-hybridized carbons (Fsp3) is 0.478. The van der Waals surface area contributed by atoms with Crippen LogP contribution < -0.4 is 15.6 Å². The van der Waals surface area contributed by atoms with Crippen LogP contribution in [0.4, 0.5) is 11.4 Å². The van der Waals surface area contributed by atoms with Crippen molar-refractivity contribution in [2.75, 3.05) is 16.3 Å². The maximum Gasteiger partial charge on any atom is 0.279 e. The molecule has 0 aliphatic carbocycles. The zero-order chi connectivity index (χ0) is 23.6.